The summed E-state index contributed by atoms with van der Waals surface area (Å²) in [7, 11) is 1.18. The number of aliphatic hydroxyl groups is 1. The lowest BCUT2D eigenvalue weighted by Crippen LogP contribution is -2.32. The van der Waals surface area contributed by atoms with Gasteiger partial charge in [-0.15, -0.1) is 0 Å². The summed E-state index contributed by atoms with van der Waals surface area (Å²) in [6.45, 7) is 12.1. The summed E-state index contributed by atoms with van der Waals surface area (Å²) in [5.74, 6) is -1.15. The van der Waals surface area contributed by atoms with Gasteiger partial charge in [0, 0.05) is 11.4 Å². The zero-order chi connectivity index (χ0) is 22.1. The van der Waals surface area contributed by atoms with E-state index in [0.717, 1.165) is 12.0 Å². The molecule has 0 unspecified atom stereocenters. The molecule has 7 nitrogen and oxygen atoms in total. The third kappa shape index (κ3) is 8.70. The van der Waals surface area contributed by atoms with Crippen LogP contribution in [0.4, 0.5) is 4.79 Å². The molecular formula is C21H32N2O5. The predicted molar refractivity (Wildman–Crippen MR) is 110 cm³/mol. The molecule has 0 aromatic carbocycles. The Labute approximate surface area is 167 Å². The highest BCUT2D eigenvalue weighted by atomic mass is 16.6. The molecule has 0 heterocycles. The molecule has 0 aliphatic carbocycles. The standard InChI is InChI=1S/C21H32N2O5/c1-9-10-13(2)16(23-20(26)28-21(5,6)7)12-11-14(3)18(24)17(15(4)22)19(25)27-8/h10-12,22,24H,9H2,1-8H3,(H,23,26)/b13-10+,14-11+,16-12+,18-17+,22-15?. The SMILES string of the molecule is CC/C=C(C)/C(=C\C=C(C)\C(O)=C(\C(C)=N)C(=O)OC)NC(=O)OC(C)(C)C. The van der Waals surface area contributed by atoms with Crippen LogP contribution in [0.5, 0.6) is 0 Å². The lowest BCUT2D eigenvalue weighted by Gasteiger charge is -2.20. The highest BCUT2D eigenvalue weighted by molar-refractivity contribution is 6.18. The van der Waals surface area contributed by atoms with Crippen molar-refractivity contribution in [3.8, 4) is 0 Å². The molecule has 1 amide bonds. The maximum atomic E-state index is 12.1. The van der Waals surface area contributed by atoms with Crippen LogP contribution in [-0.2, 0) is 14.3 Å². The Morgan fingerprint density at radius 3 is 2.11 bits per heavy atom. The minimum absolute atomic E-state index is 0.116. The number of hydrogen-bond acceptors (Lipinski definition) is 6. The lowest BCUT2D eigenvalue weighted by atomic mass is 10.1. The summed E-state index contributed by atoms with van der Waals surface area (Å²) >= 11 is 0. The van der Waals surface area contributed by atoms with Crippen LogP contribution in [0.1, 0.15) is 54.9 Å². The van der Waals surface area contributed by atoms with E-state index in [1.807, 2.05) is 19.9 Å². The molecule has 0 fully saturated rings. The summed E-state index contributed by atoms with van der Waals surface area (Å²) < 4.78 is 9.90. The van der Waals surface area contributed by atoms with E-state index in [2.05, 4.69) is 10.1 Å². The van der Waals surface area contributed by atoms with Crippen LogP contribution in [0, 0.1) is 5.41 Å². The number of allylic oxidation sites excluding steroid dienone is 5. The monoisotopic (exact) mass is 392 g/mol. The zero-order valence-electron chi connectivity index (χ0n) is 18.0. The number of aliphatic hydroxyl groups excluding tert-OH is 1. The predicted octanol–water partition coefficient (Wildman–Crippen LogP) is 4.72. The van der Waals surface area contributed by atoms with Crippen LogP contribution in [0.2, 0.25) is 0 Å². The number of nitrogens with one attached hydrogen (secondary N) is 2. The fourth-order valence-electron chi connectivity index (χ4n) is 2.12. The van der Waals surface area contributed by atoms with Crippen molar-refractivity contribution in [1.82, 2.24) is 5.32 Å². The Balaban J connectivity index is 5.97. The lowest BCUT2D eigenvalue weighted by molar-refractivity contribution is -0.135. The first-order valence-electron chi connectivity index (χ1n) is 8.97. The van der Waals surface area contributed by atoms with E-state index in [-0.39, 0.29) is 17.0 Å². The third-order valence-electron chi connectivity index (χ3n) is 3.45. The summed E-state index contributed by atoms with van der Waals surface area (Å²) in [5.41, 5.74) is 0.676. The van der Waals surface area contributed by atoms with Crippen LogP contribution in [0.25, 0.3) is 0 Å². The topological polar surface area (TPSA) is 109 Å². The molecule has 0 atom stereocenters. The molecule has 0 rings (SSSR count). The Bertz CT molecular complexity index is 734. The maximum absolute atomic E-state index is 12.1. The number of carbonyl (C=O) groups excluding carboxylic acids is 2. The molecule has 0 aliphatic rings. The van der Waals surface area contributed by atoms with Gasteiger partial charge in [0.25, 0.3) is 0 Å². The van der Waals surface area contributed by atoms with Crippen molar-refractivity contribution in [1.29, 1.82) is 5.41 Å². The van der Waals surface area contributed by atoms with Gasteiger partial charge in [-0.2, -0.15) is 0 Å². The Hall–Kier alpha value is -2.83. The average molecular weight is 392 g/mol. The van der Waals surface area contributed by atoms with Gasteiger partial charge in [-0.3, -0.25) is 5.32 Å². The van der Waals surface area contributed by atoms with Gasteiger partial charge >= 0.3 is 12.1 Å². The van der Waals surface area contributed by atoms with E-state index in [1.54, 1.807) is 39.8 Å². The number of alkyl carbamates (subject to hydrolysis) is 1. The van der Waals surface area contributed by atoms with Crippen molar-refractivity contribution in [2.24, 2.45) is 0 Å². The third-order valence-corrected chi connectivity index (χ3v) is 3.45. The molecule has 0 aliphatic heterocycles. The van der Waals surface area contributed by atoms with Gasteiger partial charge in [0.15, 0.2) is 0 Å². The Kier molecular flexibility index (Phi) is 9.99. The number of hydrogen-bond donors (Lipinski definition) is 3. The van der Waals surface area contributed by atoms with Gasteiger partial charge in [-0.05, 0) is 65.2 Å². The Morgan fingerprint density at radius 1 is 1.11 bits per heavy atom. The molecule has 0 spiro atoms. The van der Waals surface area contributed by atoms with Crippen LogP contribution in [0.15, 0.2) is 46.4 Å². The Morgan fingerprint density at radius 2 is 1.68 bits per heavy atom. The molecule has 7 heteroatoms. The van der Waals surface area contributed by atoms with Gasteiger partial charge in [-0.25, -0.2) is 9.59 Å². The summed E-state index contributed by atoms with van der Waals surface area (Å²) in [5, 5.41) is 20.7. The van der Waals surface area contributed by atoms with Crippen molar-refractivity contribution in [3.05, 3.63) is 46.4 Å². The largest absolute Gasteiger partial charge is 0.507 e. The average Bonchev–Trinajstić information content (AvgIpc) is 2.56. The number of methoxy groups -OCH3 is 1. The summed E-state index contributed by atoms with van der Waals surface area (Å²) in [6.07, 6.45) is 5.25. The van der Waals surface area contributed by atoms with Crippen molar-refractivity contribution >= 4 is 17.8 Å². The molecule has 156 valence electrons. The molecule has 0 bridgehead atoms. The molecular weight excluding hydrogens is 360 g/mol. The minimum atomic E-state index is -0.795. The number of ether oxygens (including phenoxy) is 2. The fraction of sp³-hybridized carbons (Fsp3) is 0.476. The van der Waals surface area contributed by atoms with Crippen LogP contribution in [-0.4, -0.2) is 35.6 Å². The highest BCUT2D eigenvalue weighted by Gasteiger charge is 2.19. The van der Waals surface area contributed by atoms with Crippen LogP contribution >= 0.6 is 0 Å². The van der Waals surface area contributed by atoms with Crippen molar-refractivity contribution in [2.45, 2.75) is 60.5 Å². The van der Waals surface area contributed by atoms with Gasteiger partial charge in [0.1, 0.15) is 16.9 Å². The number of amides is 1. The molecule has 3 N–H and O–H groups in total. The molecule has 0 radical (unpaired) electrons. The van der Waals surface area contributed by atoms with Crippen molar-refractivity contribution < 1.29 is 24.2 Å². The summed E-state index contributed by atoms with van der Waals surface area (Å²) in [6, 6.07) is 0. The first-order valence-corrected chi connectivity index (χ1v) is 8.97. The van der Waals surface area contributed by atoms with E-state index in [1.165, 1.54) is 14.0 Å². The molecule has 0 saturated heterocycles. The quantitative estimate of drug-likeness (QED) is 0.191. The second kappa shape index (κ2) is 11.1. The van der Waals surface area contributed by atoms with Crippen LogP contribution in [0.3, 0.4) is 0 Å². The van der Waals surface area contributed by atoms with E-state index in [4.69, 9.17) is 10.1 Å². The molecule has 28 heavy (non-hydrogen) atoms. The second-order valence-electron chi connectivity index (χ2n) is 7.19. The number of rotatable bonds is 7. The van der Waals surface area contributed by atoms with E-state index in [0.29, 0.717) is 11.3 Å². The zero-order valence-corrected chi connectivity index (χ0v) is 18.0. The maximum Gasteiger partial charge on any atom is 0.412 e. The van der Waals surface area contributed by atoms with Crippen molar-refractivity contribution in [3.63, 3.8) is 0 Å². The van der Waals surface area contributed by atoms with Gasteiger partial charge in [0.2, 0.25) is 0 Å². The first-order chi connectivity index (χ1) is 12.8. The van der Waals surface area contributed by atoms with Crippen molar-refractivity contribution in [2.75, 3.05) is 7.11 Å². The molecule has 0 aromatic heterocycles. The van der Waals surface area contributed by atoms with Gasteiger partial charge < -0.3 is 20.0 Å². The second-order valence-corrected chi connectivity index (χ2v) is 7.19. The van der Waals surface area contributed by atoms with E-state index < -0.39 is 17.7 Å². The summed E-state index contributed by atoms with van der Waals surface area (Å²) in [4.78, 5) is 23.9. The minimum Gasteiger partial charge on any atom is -0.507 e. The van der Waals surface area contributed by atoms with Gasteiger partial charge in [-0.1, -0.05) is 19.1 Å². The highest BCUT2D eigenvalue weighted by Crippen LogP contribution is 2.16. The van der Waals surface area contributed by atoms with E-state index >= 15 is 0 Å². The first kappa shape index (κ1) is 25.2. The fourth-order valence-corrected chi connectivity index (χ4v) is 2.12. The normalized spacial score (nSPS) is 14.2. The van der Waals surface area contributed by atoms with Gasteiger partial charge in [0.05, 0.1) is 7.11 Å². The molecule has 0 saturated carbocycles. The number of esters is 1. The number of carbonyl (C=O) groups is 2. The van der Waals surface area contributed by atoms with E-state index in [9.17, 15) is 14.7 Å². The molecule has 0 aromatic rings. The van der Waals surface area contributed by atoms with Crippen LogP contribution < -0.4 is 5.32 Å². The smallest absolute Gasteiger partial charge is 0.412 e.